The molecular formula is C15H10BrFN2O2. The molecule has 0 aliphatic heterocycles. The Bertz CT molecular complexity index is 721. The third-order valence-corrected chi connectivity index (χ3v) is 3.43. The predicted octanol–water partition coefficient (Wildman–Crippen LogP) is 3.72. The van der Waals surface area contributed by atoms with Crippen molar-refractivity contribution in [3.8, 4) is 11.8 Å². The zero-order chi connectivity index (χ0) is 15.4. The topological polar surface area (TPSA) is 62.1 Å². The van der Waals surface area contributed by atoms with E-state index >= 15 is 0 Å². The van der Waals surface area contributed by atoms with Crippen LogP contribution in [0.15, 0.2) is 40.9 Å². The second kappa shape index (κ2) is 6.37. The molecule has 1 N–H and O–H groups in total. The molecule has 21 heavy (non-hydrogen) atoms. The van der Waals surface area contributed by atoms with Crippen molar-refractivity contribution in [3.63, 3.8) is 0 Å². The fraction of sp³-hybridized carbons (Fsp3) is 0.0667. The van der Waals surface area contributed by atoms with E-state index in [0.29, 0.717) is 21.5 Å². The highest BCUT2D eigenvalue weighted by atomic mass is 79.9. The van der Waals surface area contributed by atoms with Gasteiger partial charge in [-0.15, -0.1) is 0 Å². The van der Waals surface area contributed by atoms with E-state index in [1.165, 1.54) is 37.4 Å². The minimum Gasteiger partial charge on any atom is -0.495 e. The number of nitrogens with one attached hydrogen (secondary N) is 1. The molecule has 0 saturated heterocycles. The molecule has 0 atom stereocenters. The van der Waals surface area contributed by atoms with Crippen LogP contribution in [0.1, 0.15) is 15.9 Å². The zero-order valence-corrected chi connectivity index (χ0v) is 12.6. The van der Waals surface area contributed by atoms with E-state index in [1.807, 2.05) is 6.07 Å². The number of carbonyl (C=O) groups excluding carboxylic acids is 1. The first kappa shape index (κ1) is 15.0. The summed E-state index contributed by atoms with van der Waals surface area (Å²) in [6, 6.07) is 10.8. The van der Waals surface area contributed by atoms with E-state index in [-0.39, 0.29) is 5.56 Å². The molecule has 6 heteroatoms. The van der Waals surface area contributed by atoms with Gasteiger partial charge in [0.25, 0.3) is 5.91 Å². The maximum atomic E-state index is 13.7. The summed E-state index contributed by atoms with van der Waals surface area (Å²) in [5.41, 5.74) is 0.664. The summed E-state index contributed by atoms with van der Waals surface area (Å²) in [5.74, 6) is -0.910. The molecule has 0 aliphatic rings. The number of nitriles is 1. The quantitative estimate of drug-likeness (QED) is 0.919. The van der Waals surface area contributed by atoms with Crippen LogP contribution in [-0.2, 0) is 0 Å². The van der Waals surface area contributed by atoms with Crippen LogP contribution < -0.4 is 10.1 Å². The number of benzene rings is 2. The van der Waals surface area contributed by atoms with Crippen molar-refractivity contribution in [2.45, 2.75) is 0 Å². The molecule has 0 saturated carbocycles. The first-order valence-electron chi connectivity index (χ1n) is 5.90. The zero-order valence-electron chi connectivity index (χ0n) is 11.0. The Labute approximate surface area is 129 Å². The van der Waals surface area contributed by atoms with Crippen LogP contribution in [0.3, 0.4) is 0 Å². The molecule has 0 bridgehead atoms. The minimum absolute atomic E-state index is 0.0936. The summed E-state index contributed by atoms with van der Waals surface area (Å²) in [6.07, 6.45) is 0. The average molecular weight is 349 g/mol. The Morgan fingerprint density at radius 1 is 1.38 bits per heavy atom. The summed E-state index contributed by atoms with van der Waals surface area (Å²) >= 11 is 3.14. The number of carbonyl (C=O) groups is 1. The molecule has 0 aromatic heterocycles. The van der Waals surface area contributed by atoms with Crippen LogP contribution in [0, 0.1) is 17.1 Å². The monoisotopic (exact) mass is 348 g/mol. The van der Waals surface area contributed by atoms with Gasteiger partial charge in [-0.05, 0) is 40.2 Å². The van der Waals surface area contributed by atoms with Gasteiger partial charge in [-0.1, -0.05) is 6.07 Å². The number of ether oxygens (including phenoxy) is 1. The molecule has 0 heterocycles. The highest BCUT2D eigenvalue weighted by Crippen LogP contribution is 2.27. The van der Waals surface area contributed by atoms with Crippen LogP contribution in [0.2, 0.25) is 0 Å². The number of hydrogen-bond acceptors (Lipinski definition) is 3. The number of rotatable bonds is 3. The molecule has 0 unspecified atom stereocenters. The summed E-state index contributed by atoms with van der Waals surface area (Å²) in [4.78, 5) is 12.2. The van der Waals surface area contributed by atoms with Crippen molar-refractivity contribution in [2.24, 2.45) is 0 Å². The molecule has 0 radical (unpaired) electrons. The minimum atomic E-state index is -0.630. The Balaban J connectivity index is 2.34. The van der Waals surface area contributed by atoms with Gasteiger partial charge in [0.15, 0.2) is 0 Å². The number of methoxy groups -OCH3 is 1. The fourth-order valence-corrected chi connectivity index (χ4v) is 2.29. The van der Waals surface area contributed by atoms with Crippen molar-refractivity contribution in [1.29, 1.82) is 5.26 Å². The first-order chi connectivity index (χ1) is 10.1. The van der Waals surface area contributed by atoms with E-state index < -0.39 is 11.7 Å². The molecule has 4 nitrogen and oxygen atoms in total. The van der Waals surface area contributed by atoms with Gasteiger partial charge in [-0.25, -0.2) is 4.39 Å². The molecule has 2 aromatic rings. The van der Waals surface area contributed by atoms with E-state index in [1.54, 1.807) is 6.07 Å². The van der Waals surface area contributed by atoms with Crippen LogP contribution in [0.5, 0.6) is 5.75 Å². The number of nitrogens with zero attached hydrogens (tertiary/aromatic N) is 1. The molecule has 2 aromatic carbocycles. The van der Waals surface area contributed by atoms with Gasteiger partial charge in [-0.2, -0.15) is 5.26 Å². The Morgan fingerprint density at radius 2 is 2.14 bits per heavy atom. The first-order valence-corrected chi connectivity index (χ1v) is 6.69. The summed E-state index contributed by atoms with van der Waals surface area (Å²) < 4.78 is 19.2. The van der Waals surface area contributed by atoms with Crippen LogP contribution in [0.4, 0.5) is 10.1 Å². The lowest BCUT2D eigenvalue weighted by atomic mass is 10.1. The second-order valence-corrected chi connectivity index (χ2v) is 4.93. The third-order valence-electron chi connectivity index (χ3n) is 2.77. The van der Waals surface area contributed by atoms with Crippen molar-refractivity contribution in [3.05, 3.63) is 57.8 Å². The van der Waals surface area contributed by atoms with E-state index in [4.69, 9.17) is 10.00 Å². The lowest BCUT2D eigenvalue weighted by Gasteiger charge is -2.11. The highest BCUT2D eigenvalue weighted by molar-refractivity contribution is 9.10. The van der Waals surface area contributed by atoms with Crippen LogP contribution in [-0.4, -0.2) is 13.0 Å². The molecule has 2 rings (SSSR count). The molecule has 0 aliphatic carbocycles. The van der Waals surface area contributed by atoms with Crippen molar-refractivity contribution in [2.75, 3.05) is 12.4 Å². The second-order valence-electron chi connectivity index (χ2n) is 4.08. The normalized spacial score (nSPS) is 9.81. The Hall–Kier alpha value is -2.39. The van der Waals surface area contributed by atoms with E-state index in [9.17, 15) is 9.18 Å². The number of amides is 1. The molecule has 1 amide bonds. The fourth-order valence-electron chi connectivity index (χ4n) is 1.76. The van der Waals surface area contributed by atoms with Gasteiger partial charge in [0.05, 0.1) is 30.0 Å². The maximum Gasteiger partial charge on any atom is 0.259 e. The van der Waals surface area contributed by atoms with Gasteiger partial charge in [-0.3, -0.25) is 4.79 Å². The largest absolute Gasteiger partial charge is 0.495 e. The van der Waals surface area contributed by atoms with Crippen LogP contribution in [0.25, 0.3) is 0 Å². The highest BCUT2D eigenvalue weighted by Gasteiger charge is 2.17. The standard InChI is InChI=1S/C15H10BrFN2O2/c1-21-13-7-9(8-18)5-6-12(13)19-15(20)14-10(16)3-2-4-11(14)17/h2-7H,1H3,(H,19,20). The summed E-state index contributed by atoms with van der Waals surface area (Å²) in [5, 5.41) is 11.4. The van der Waals surface area contributed by atoms with Crippen molar-refractivity contribution >= 4 is 27.5 Å². The molecule has 0 spiro atoms. The summed E-state index contributed by atoms with van der Waals surface area (Å²) in [6.45, 7) is 0. The molecule has 0 fully saturated rings. The van der Waals surface area contributed by atoms with Crippen molar-refractivity contribution in [1.82, 2.24) is 0 Å². The van der Waals surface area contributed by atoms with Gasteiger partial charge in [0.1, 0.15) is 11.6 Å². The van der Waals surface area contributed by atoms with Gasteiger partial charge < -0.3 is 10.1 Å². The van der Waals surface area contributed by atoms with Gasteiger partial charge >= 0.3 is 0 Å². The lowest BCUT2D eigenvalue weighted by Crippen LogP contribution is -2.15. The average Bonchev–Trinajstić information content (AvgIpc) is 2.47. The Morgan fingerprint density at radius 3 is 2.76 bits per heavy atom. The van der Waals surface area contributed by atoms with E-state index in [0.717, 1.165) is 0 Å². The lowest BCUT2D eigenvalue weighted by molar-refractivity contribution is 0.102. The Kier molecular flexibility index (Phi) is 4.55. The van der Waals surface area contributed by atoms with Crippen molar-refractivity contribution < 1.29 is 13.9 Å². The summed E-state index contributed by atoms with van der Waals surface area (Å²) in [7, 11) is 1.42. The maximum absolute atomic E-state index is 13.7. The third kappa shape index (κ3) is 3.20. The van der Waals surface area contributed by atoms with Gasteiger partial charge in [0.2, 0.25) is 0 Å². The number of hydrogen-bond donors (Lipinski definition) is 1. The molecular weight excluding hydrogens is 339 g/mol. The molecule has 106 valence electrons. The predicted molar refractivity (Wildman–Crippen MR) is 79.8 cm³/mol. The SMILES string of the molecule is COc1cc(C#N)ccc1NC(=O)c1c(F)cccc1Br. The smallest absolute Gasteiger partial charge is 0.259 e. The number of anilines is 1. The van der Waals surface area contributed by atoms with Gasteiger partial charge in [0, 0.05) is 10.5 Å². The van der Waals surface area contributed by atoms with E-state index in [2.05, 4.69) is 21.2 Å². The van der Waals surface area contributed by atoms with Crippen LogP contribution >= 0.6 is 15.9 Å². The number of halogens is 2.